The molecule has 0 radical (unpaired) electrons. The van der Waals surface area contributed by atoms with Gasteiger partial charge in [-0.25, -0.2) is 9.97 Å². The average Bonchev–Trinajstić information content (AvgIpc) is 3.49. The SMILES string of the molecule is Cc1sc2ncnc(N3CCC(C(=O)NCCCOCC4CC4)CC3)c2c1C. The van der Waals surface area contributed by atoms with Crippen molar-refractivity contribution in [3.05, 3.63) is 16.8 Å². The third kappa shape index (κ3) is 4.46. The molecule has 0 aromatic carbocycles. The lowest BCUT2D eigenvalue weighted by Gasteiger charge is -2.32. The fourth-order valence-corrected chi connectivity index (χ4v) is 4.81. The van der Waals surface area contributed by atoms with Gasteiger partial charge in [0.05, 0.1) is 5.39 Å². The number of aryl methyl sites for hydroxylation is 2. The fourth-order valence-electron chi connectivity index (χ4n) is 3.82. The zero-order valence-electron chi connectivity index (χ0n) is 16.9. The Hall–Kier alpha value is -1.73. The number of carbonyl (C=O) groups is 1. The summed E-state index contributed by atoms with van der Waals surface area (Å²) in [6.45, 7) is 8.37. The van der Waals surface area contributed by atoms with Gasteiger partial charge in [0.2, 0.25) is 5.91 Å². The molecule has 1 N–H and O–H groups in total. The van der Waals surface area contributed by atoms with E-state index in [2.05, 4.69) is 34.0 Å². The van der Waals surface area contributed by atoms with Crippen LogP contribution in [0.25, 0.3) is 10.2 Å². The second kappa shape index (κ2) is 8.74. The van der Waals surface area contributed by atoms with Crippen molar-refractivity contribution in [3.8, 4) is 0 Å². The Morgan fingerprint density at radius 1 is 1.25 bits per heavy atom. The molecule has 1 aliphatic heterocycles. The number of piperidine rings is 1. The Morgan fingerprint density at radius 2 is 2.04 bits per heavy atom. The molecule has 0 bridgehead atoms. The molecule has 2 aromatic heterocycles. The molecule has 3 heterocycles. The monoisotopic (exact) mass is 402 g/mol. The van der Waals surface area contributed by atoms with Crippen LogP contribution in [0.1, 0.15) is 42.5 Å². The summed E-state index contributed by atoms with van der Waals surface area (Å²) < 4.78 is 5.63. The Balaban J connectivity index is 1.24. The Bertz CT molecular complexity index is 825. The number of carbonyl (C=O) groups excluding carboxylic acids is 1. The van der Waals surface area contributed by atoms with E-state index in [1.165, 1.54) is 28.7 Å². The first-order valence-electron chi connectivity index (χ1n) is 10.4. The number of hydrogen-bond acceptors (Lipinski definition) is 6. The van der Waals surface area contributed by atoms with E-state index in [-0.39, 0.29) is 11.8 Å². The van der Waals surface area contributed by atoms with Gasteiger partial charge in [0.15, 0.2) is 0 Å². The molecule has 2 aliphatic rings. The molecule has 1 saturated carbocycles. The average molecular weight is 403 g/mol. The van der Waals surface area contributed by atoms with Crippen molar-refractivity contribution < 1.29 is 9.53 Å². The van der Waals surface area contributed by atoms with Crippen LogP contribution in [0.2, 0.25) is 0 Å². The minimum Gasteiger partial charge on any atom is -0.381 e. The molecule has 152 valence electrons. The summed E-state index contributed by atoms with van der Waals surface area (Å²) >= 11 is 1.73. The third-order valence-corrected chi connectivity index (χ3v) is 7.04. The van der Waals surface area contributed by atoms with Crippen LogP contribution >= 0.6 is 11.3 Å². The first-order valence-corrected chi connectivity index (χ1v) is 11.3. The van der Waals surface area contributed by atoms with Crippen molar-refractivity contribution in [1.29, 1.82) is 0 Å². The van der Waals surface area contributed by atoms with Gasteiger partial charge in [-0.15, -0.1) is 11.3 Å². The van der Waals surface area contributed by atoms with Crippen molar-refractivity contribution >= 4 is 33.3 Å². The van der Waals surface area contributed by atoms with Crippen molar-refractivity contribution in [1.82, 2.24) is 15.3 Å². The van der Waals surface area contributed by atoms with Crippen LogP contribution in [0.5, 0.6) is 0 Å². The highest BCUT2D eigenvalue weighted by Gasteiger charge is 2.27. The second-order valence-electron chi connectivity index (χ2n) is 8.08. The van der Waals surface area contributed by atoms with Crippen LogP contribution < -0.4 is 10.2 Å². The molecule has 28 heavy (non-hydrogen) atoms. The summed E-state index contributed by atoms with van der Waals surface area (Å²) in [5.41, 5.74) is 1.28. The minimum atomic E-state index is 0.103. The Kier molecular flexibility index (Phi) is 6.11. The number of nitrogens with zero attached hydrogens (tertiary/aromatic N) is 3. The molecule has 0 spiro atoms. The summed E-state index contributed by atoms with van der Waals surface area (Å²) in [4.78, 5) is 26.2. The predicted molar refractivity (Wildman–Crippen MR) is 113 cm³/mol. The normalized spacial score (nSPS) is 18.0. The summed E-state index contributed by atoms with van der Waals surface area (Å²) in [5.74, 6) is 2.12. The van der Waals surface area contributed by atoms with Crippen LogP contribution in [0.15, 0.2) is 6.33 Å². The number of ether oxygens (including phenoxy) is 1. The van der Waals surface area contributed by atoms with Crippen molar-refractivity contribution in [2.24, 2.45) is 11.8 Å². The van der Waals surface area contributed by atoms with Crippen molar-refractivity contribution in [3.63, 3.8) is 0 Å². The van der Waals surface area contributed by atoms with Gasteiger partial charge in [-0.1, -0.05) is 0 Å². The Labute approximate surface area is 170 Å². The van der Waals surface area contributed by atoms with E-state index in [4.69, 9.17) is 4.74 Å². The molecular weight excluding hydrogens is 372 g/mol. The lowest BCUT2D eigenvalue weighted by atomic mass is 9.95. The number of nitrogens with one attached hydrogen (secondary N) is 1. The molecule has 2 aromatic rings. The van der Waals surface area contributed by atoms with E-state index in [9.17, 15) is 4.79 Å². The molecule has 0 atom stereocenters. The van der Waals surface area contributed by atoms with Gasteiger partial charge >= 0.3 is 0 Å². The van der Waals surface area contributed by atoms with Crippen LogP contribution in [0, 0.1) is 25.7 Å². The highest BCUT2D eigenvalue weighted by atomic mass is 32.1. The van der Waals surface area contributed by atoms with Gasteiger partial charge in [0.1, 0.15) is 17.0 Å². The smallest absolute Gasteiger partial charge is 0.223 e. The van der Waals surface area contributed by atoms with Crippen LogP contribution in [-0.4, -0.2) is 48.7 Å². The van der Waals surface area contributed by atoms with Gasteiger partial charge in [0, 0.05) is 43.6 Å². The predicted octanol–water partition coefficient (Wildman–Crippen LogP) is 3.46. The summed E-state index contributed by atoms with van der Waals surface area (Å²) in [6, 6.07) is 0. The number of rotatable bonds is 8. The Morgan fingerprint density at radius 3 is 2.79 bits per heavy atom. The lowest BCUT2D eigenvalue weighted by molar-refractivity contribution is -0.125. The molecule has 1 amide bonds. The highest BCUT2D eigenvalue weighted by Crippen LogP contribution is 2.35. The zero-order valence-corrected chi connectivity index (χ0v) is 17.7. The molecule has 7 heteroatoms. The number of fused-ring (bicyclic) bond motifs is 1. The van der Waals surface area contributed by atoms with Gasteiger partial charge in [0.25, 0.3) is 0 Å². The maximum absolute atomic E-state index is 12.5. The molecule has 1 saturated heterocycles. The van der Waals surface area contributed by atoms with E-state index < -0.39 is 0 Å². The molecule has 4 rings (SSSR count). The van der Waals surface area contributed by atoms with Crippen LogP contribution in [-0.2, 0) is 9.53 Å². The maximum Gasteiger partial charge on any atom is 0.223 e. The maximum atomic E-state index is 12.5. The molecule has 6 nitrogen and oxygen atoms in total. The fraction of sp³-hybridized carbons (Fsp3) is 0.667. The molecule has 0 unspecified atom stereocenters. The largest absolute Gasteiger partial charge is 0.381 e. The summed E-state index contributed by atoms with van der Waals surface area (Å²) in [7, 11) is 0. The number of anilines is 1. The number of amides is 1. The summed E-state index contributed by atoms with van der Waals surface area (Å²) in [5, 5.41) is 4.27. The summed E-state index contributed by atoms with van der Waals surface area (Å²) in [6.07, 6.45) is 6.95. The number of aromatic nitrogens is 2. The van der Waals surface area contributed by atoms with Crippen LogP contribution in [0.3, 0.4) is 0 Å². The van der Waals surface area contributed by atoms with E-state index in [1.54, 1.807) is 17.7 Å². The van der Waals surface area contributed by atoms with Crippen molar-refractivity contribution in [2.75, 3.05) is 37.7 Å². The lowest BCUT2D eigenvalue weighted by Crippen LogP contribution is -2.41. The van der Waals surface area contributed by atoms with E-state index in [1.807, 2.05) is 0 Å². The van der Waals surface area contributed by atoms with Crippen LogP contribution in [0.4, 0.5) is 5.82 Å². The minimum absolute atomic E-state index is 0.103. The molecular formula is C21H30N4O2S. The van der Waals surface area contributed by atoms with Gasteiger partial charge in [-0.2, -0.15) is 0 Å². The highest BCUT2D eigenvalue weighted by molar-refractivity contribution is 7.18. The first kappa shape index (κ1) is 19.6. The van der Waals surface area contributed by atoms with Gasteiger partial charge < -0.3 is 15.0 Å². The standard InChI is InChI=1S/C21H30N4O2S/c1-14-15(2)28-21-18(14)19(23-13-24-21)25-9-6-17(7-10-25)20(26)22-8-3-11-27-12-16-4-5-16/h13,16-17H,3-12H2,1-2H3,(H,22,26). The number of hydrogen-bond donors (Lipinski definition) is 1. The van der Waals surface area contributed by atoms with E-state index in [0.29, 0.717) is 6.54 Å². The second-order valence-corrected chi connectivity index (χ2v) is 9.29. The van der Waals surface area contributed by atoms with Gasteiger partial charge in [-0.3, -0.25) is 4.79 Å². The van der Waals surface area contributed by atoms with Crippen molar-refractivity contribution in [2.45, 2.75) is 46.0 Å². The number of thiophene rings is 1. The molecule has 1 aliphatic carbocycles. The quantitative estimate of drug-likeness (QED) is 0.685. The van der Waals surface area contributed by atoms with E-state index >= 15 is 0 Å². The van der Waals surface area contributed by atoms with Gasteiger partial charge in [-0.05, 0) is 57.4 Å². The third-order valence-electron chi connectivity index (χ3n) is 5.93. The zero-order chi connectivity index (χ0) is 19.5. The first-order chi connectivity index (χ1) is 13.6. The topological polar surface area (TPSA) is 67.4 Å². The van der Waals surface area contributed by atoms with E-state index in [0.717, 1.165) is 62.1 Å². The molecule has 2 fully saturated rings.